The zero-order valence-electron chi connectivity index (χ0n) is 28.3. The molecule has 3 atom stereocenters. The molecular weight excluding hydrogens is 634 g/mol. The lowest BCUT2D eigenvalue weighted by molar-refractivity contribution is -0.139. The Hall–Kier alpha value is -5.45. The first-order chi connectivity index (χ1) is 24.2. The molecule has 2 heterocycles. The fourth-order valence-corrected chi connectivity index (χ4v) is 6.70. The van der Waals surface area contributed by atoms with Crippen LogP contribution >= 0.6 is 0 Å². The lowest BCUT2D eigenvalue weighted by atomic mass is 9.82. The van der Waals surface area contributed by atoms with E-state index in [-0.39, 0.29) is 37.4 Å². The average Bonchev–Trinajstić information content (AvgIpc) is 3.36. The van der Waals surface area contributed by atoms with Crippen molar-refractivity contribution >= 4 is 29.1 Å². The number of carbonyl (C=O) groups excluding carboxylic acids is 3. The van der Waals surface area contributed by atoms with E-state index in [2.05, 4.69) is 5.32 Å². The van der Waals surface area contributed by atoms with Crippen LogP contribution in [0.1, 0.15) is 46.0 Å². The second-order valence-corrected chi connectivity index (χ2v) is 12.7. The Bertz CT molecular complexity index is 1910. The predicted octanol–water partition coefficient (Wildman–Crippen LogP) is 5.22. The summed E-state index contributed by atoms with van der Waals surface area (Å²) in [7, 11) is 3.09. The number of amides is 3. The van der Waals surface area contributed by atoms with Gasteiger partial charge in [0.2, 0.25) is 5.91 Å². The van der Waals surface area contributed by atoms with Crippen molar-refractivity contribution in [2.45, 2.75) is 44.5 Å². The molecule has 0 saturated heterocycles. The maximum atomic E-state index is 14.1. The van der Waals surface area contributed by atoms with Gasteiger partial charge in [-0.2, -0.15) is 0 Å². The van der Waals surface area contributed by atoms with Crippen LogP contribution in [0.2, 0.25) is 0 Å². The molecule has 4 aromatic carbocycles. The summed E-state index contributed by atoms with van der Waals surface area (Å²) in [6.07, 6.45) is 4.04. The number of ether oxygens (including phenoxy) is 2. The highest BCUT2D eigenvalue weighted by atomic mass is 16.5. The van der Waals surface area contributed by atoms with Crippen LogP contribution in [0.25, 0.3) is 0 Å². The first-order valence-electron chi connectivity index (χ1n) is 16.6. The van der Waals surface area contributed by atoms with Crippen molar-refractivity contribution < 1.29 is 34.1 Å². The van der Waals surface area contributed by atoms with E-state index in [1.165, 1.54) is 7.11 Å². The van der Waals surface area contributed by atoms with E-state index in [4.69, 9.17) is 9.47 Å². The first kappa shape index (κ1) is 34.4. The predicted molar refractivity (Wildman–Crippen MR) is 190 cm³/mol. The number of anilines is 2. The molecule has 0 unspecified atom stereocenters. The average molecular weight is 676 g/mol. The summed E-state index contributed by atoms with van der Waals surface area (Å²) in [6.45, 7) is 2.22. The molecule has 258 valence electrons. The van der Waals surface area contributed by atoms with Gasteiger partial charge in [-0.25, -0.2) is 0 Å². The highest BCUT2D eigenvalue weighted by molar-refractivity contribution is 6.07. The third-order valence-electron chi connectivity index (χ3n) is 9.64. The number of rotatable bonds is 11. The summed E-state index contributed by atoms with van der Waals surface area (Å²) in [4.78, 5) is 43.4. The van der Waals surface area contributed by atoms with E-state index in [1.54, 1.807) is 90.6 Å². The second kappa shape index (κ2) is 14.6. The molecular formula is C40H41N3O7. The lowest BCUT2D eigenvalue weighted by Crippen LogP contribution is -2.46. The standard InChI is InChI=1S/C40H41N3O7/c1-26(7-6-10-37(45)42-24-30-9-5-4-8-29(30)21-32(42)25-44)40(48)35-22-34(50-3)19-20-36(35)43(39(40)47)23-27-11-15-31(16-12-27)41-38(46)28-13-17-33(49-2)18-14-28/h4-9,11-20,22,26,32,44,48H,10,21,23-25H2,1-3H3,(H,41,46)/b7-6+/t26-,32-,40+/m0/s1. The fraction of sp³-hybridized carbons (Fsp3) is 0.275. The summed E-state index contributed by atoms with van der Waals surface area (Å²) >= 11 is 0. The molecule has 10 nitrogen and oxygen atoms in total. The molecule has 3 amide bonds. The van der Waals surface area contributed by atoms with Gasteiger partial charge in [0.15, 0.2) is 5.60 Å². The van der Waals surface area contributed by atoms with Gasteiger partial charge in [-0.3, -0.25) is 14.4 Å². The number of fused-ring (bicyclic) bond motifs is 2. The summed E-state index contributed by atoms with van der Waals surface area (Å²) in [5.74, 6) is -0.425. The minimum atomic E-state index is -1.91. The molecule has 0 spiro atoms. The number of benzene rings is 4. The summed E-state index contributed by atoms with van der Waals surface area (Å²) in [5.41, 5.74) is 3.14. The van der Waals surface area contributed by atoms with Crippen molar-refractivity contribution in [3.63, 3.8) is 0 Å². The highest BCUT2D eigenvalue weighted by Gasteiger charge is 2.52. The van der Waals surface area contributed by atoms with Gasteiger partial charge < -0.3 is 34.8 Å². The van der Waals surface area contributed by atoms with Crippen molar-refractivity contribution in [1.82, 2.24) is 4.90 Å². The molecule has 0 bridgehead atoms. The van der Waals surface area contributed by atoms with E-state index < -0.39 is 17.4 Å². The minimum absolute atomic E-state index is 0.0588. The van der Waals surface area contributed by atoms with Crippen LogP contribution in [0.3, 0.4) is 0 Å². The lowest BCUT2D eigenvalue weighted by Gasteiger charge is -2.36. The largest absolute Gasteiger partial charge is 0.497 e. The Morgan fingerprint density at radius 3 is 2.32 bits per heavy atom. The molecule has 2 aliphatic heterocycles. The van der Waals surface area contributed by atoms with Crippen molar-refractivity contribution in [1.29, 1.82) is 0 Å². The quantitative estimate of drug-likeness (QED) is 0.186. The topological polar surface area (TPSA) is 129 Å². The molecule has 50 heavy (non-hydrogen) atoms. The van der Waals surface area contributed by atoms with Gasteiger partial charge in [0.05, 0.1) is 39.1 Å². The summed E-state index contributed by atoms with van der Waals surface area (Å²) in [5, 5.41) is 25.0. The number of aliphatic hydroxyl groups is 2. The molecule has 10 heteroatoms. The summed E-state index contributed by atoms with van der Waals surface area (Å²) in [6, 6.07) is 26.8. The third kappa shape index (κ3) is 6.72. The smallest absolute Gasteiger partial charge is 0.264 e. The van der Waals surface area contributed by atoms with Crippen molar-refractivity contribution in [3.8, 4) is 11.5 Å². The van der Waals surface area contributed by atoms with Crippen LogP contribution in [0.4, 0.5) is 11.4 Å². The van der Waals surface area contributed by atoms with E-state index >= 15 is 0 Å². The van der Waals surface area contributed by atoms with Crippen molar-refractivity contribution in [3.05, 3.63) is 131 Å². The number of hydrogen-bond acceptors (Lipinski definition) is 7. The van der Waals surface area contributed by atoms with Crippen LogP contribution in [-0.2, 0) is 34.7 Å². The number of nitrogens with zero attached hydrogens (tertiary/aromatic N) is 2. The molecule has 0 aromatic heterocycles. The maximum Gasteiger partial charge on any atom is 0.264 e. The van der Waals surface area contributed by atoms with Crippen LogP contribution in [0.5, 0.6) is 11.5 Å². The van der Waals surface area contributed by atoms with Gasteiger partial charge in [0.25, 0.3) is 11.8 Å². The Balaban J connectivity index is 1.16. The normalized spacial score (nSPS) is 18.8. The van der Waals surface area contributed by atoms with Gasteiger partial charge in [-0.15, -0.1) is 0 Å². The number of methoxy groups -OCH3 is 2. The van der Waals surface area contributed by atoms with Gasteiger partial charge in [-0.1, -0.05) is 55.5 Å². The summed E-state index contributed by atoms with van der Waals surface area (Å²) < 4.78 is 10.6. The van der Waals surface area contributed by atoms with E-state index in [1.807, 2.05) is 36.4 Å². The molecule has 0 fully saturated rings. The van der Waals surface area contributed by atoms with Crippen LogP contribution < -0.4 is 19.7 Å². The van der Waals surface area contributed by atoms with E-state index in [0.717, 1.165) is 16.7 Å². The monoisotopic (exact) mass is 675 g/mol. The van der Waals surface area contributed by atoms with Crippen molar-refractivity contribution in [2.75, 3.05) is 31.0 Å². The number of carbonyl (C=O) groups is 3. The van der Waals surface area contributed by atoms with Crippen LogP contribution in [0.15, 0.2) is 103 Å². The third-order valence-corrected chi connectivity index (χ3v) is 9.64. The molecule has 0 aliphatic carbocycles. The number of hydrogen-bond donors (Lipinski definition) is 3. The molecule has 2 aliphatic rings. The van der Waals surface area contributed by atoms with Crippen LogP contribution in [-0.4, -0.2) is 59.7 Å². The van der Waals surface area contributed by atoms with Gasteiger partial charge in [-0.05, 0) is 77.7 Å². The number of nitrogens with one attached hydrogen (secondary N) is 1. The van der Waals surface area contributed by atoms with Gasteiger partial charge in [0, 0.05) is 35.7 Å². The van der Waals surface area contributed by atoms with Gasteiger partial charge >= 0.3 is 0 Å². The maximum absolute atomic E-state index is 14.1. The van der Waals surface area contributed by atoms with E-state index in [9.17, 15) is 24.6 Å². The minimum Gasteiger partial charge on any atom is -0.497 e. The fourth-order valence-electron chi connectivity index (χ4n) is 6.70. The van der Waals surface area contributed by atoms with Crippen molar-refractivity contribution in [2.24, 2.45) is 5.92 Å². The zero-order valence-corrected chi connectivity index (χ0v) is 28.3. The van der Waals surface area contributed by atoms with Crippen LogP contribution in [0, 0.1) is 5.92 Å². The molecule has 3 N–H and O–H groups in total. The SMILES string of the molecule is COc1ccc(C(=O)Nc2ccc(CN3C(=O)[C@@](O)([C@@H](C)/C=C/CC(=O)N4Cc5ccccc5C[C@H]4CO)c4cc(OC)ccc43)cc2)cc1. The Labute approximate surface area is 291 Å². The second-order valence-electron chi connectivity index (χ2n) is 12.7. The number of aliphatic hydroxyl groups excluding tert-OH is 1. The molecule has 4 aromatic rings. The van der Waals surface area contributed by atoms with Gasteiger partial charge in [0.1, 0.15) is 11.5 Å². The molecule has 6 rings (SSSR count). The zero-order chi connectivity index (χ0) is 35.4. The highest BCUT2D eigenvalue weighted by Crippen LogP contribution is 2.47. The Morgan fingerprint density at radius 1 is 0.960 bits per heavy atom. The Morgan fingerprint density at radius 2 is 1.64 bits per heavy atom. The Kier molecular flexibility index (Phi) is 10.0. The van der Waals surface area contributed by atoms with E-state index in [0.29, 0.717) is 47.0 Å². The molecule has 0 saturated carbocycles. The molecule has 0 radical (unpaired) electrons. The first-order valence-corrected chi connectivity index (χ1v) is 16.6.